The zero-order chi connectivity index (χ0) is 21.0. The fourth-order valence-corrected chi connectivity index (χ4v) is 10.2. The molecule has 0 radical (unpaired) electrons. The summed E-state index contributed by atoms with van der Waals surface area (Å²) >= 11 is 0. The lowest BCUT2D eigenvalue weighted by atomic mass is 9.94. The van der Waals surface area contributed by atoms with E-state index in [1.165, 1.54) is 15.9 Å². The van der Waals surface area contributed by atoms with Crippen molar-refractivity contribution >= 4 is 29.3 Å². The van der Waals surface area contributed by atoms with Crippen LogP contribution in [0.15, 0.2) is 91.0 Å². The van der Waals surface area contributed by atoms with Crippen LogP contribution in [0.2, 0.25) is 0 Å². The summed E-state index contributed by atoms with van der Waals surface area (Å²) in [6.07, 6.45) is 1.04. The van der Waals surface area contributed by atoms with Crippen molar-refractivity contribution in [2.45, 2.75) is 25.4 Å². The van der Waals surface area contributed by atoms with Gasteiger partial charge in [0.05, 0.1) is 5.66 Å². The van der Waals surface area contributed by atoms with Gasteiger partial charge in [-0.05, 0) is 62.1 Å². The Labute approximate surface area is 179 Å². The van der Waals surface area contributed by atoms with E-state index in [2.05, 4.69) is 97.9 Å². The van der Waals surface area contributed by atoms with Gasteiger partial charge in [0.1, 0.15) is 23.2 Å². The number of carboxylic acid groups (broad SMARTS) is 1. The molecule has 154 valence electrons. The molecule has 4 heteroatoms. The Balaban J connectivity index is 1.86. The van der Waals surface area contributed by atoms with Gasteiger partial charge < -0.3 is 10.0 Å². The van der Waals surface area contributed by atoms with Crippen molar-refractivity contribution in [1.29, 1.82) is 0 Å². The molecule has 1 fully saturated rings. The molecule has 1 aliphatic heterocycles. The molecule has 1 heterocycles. The number of rotatable bonds is 5. The molecule has 3 nitrogen and oxygen atoms in total. The molecular weight excluding hydrogens is 389 g/mol. The highest BCUT2D eigenvalue weighted by atomic mass is 31.2. The summed E-state index contributed by atoms with van der Waals surface area (Å²) in [5.74, 6) is 0.481. The first-order valence-electron chi connectivity index (χ1n) is 10.7. The van der Waals surface area contributed by atoms with E-state index in [-0.39, 0.29) is 0 Å². The van der Waals surface area contributed by atoms with E-state index < -0.39 is 13.4 Å². The smallest absolute Gasteiger partial charge is 0.407 e. The maximum atomic E-state index is 11.4. The second kappa shape index (κ2) is 9.02. The van der Waals surface area contributed by atoms with E-state index in [1.807, 2.05) is 0 Å². The quantitative estimate of drug-likeness (QED) is 0.607. The van der Waals surface area contributed by atoms with Crippen molar-refractivity contribution in [3.05, 3.63) is 91.0 Å². The molecule has 3 aromatic rings. The largest absolute Gasteiger partial charge is 0.465 e. The number of likely N-dealkylation sites (tertiary alicyclic amines) is 1. The third-order valence-corrected chi connectivity index (χ3v) is 11.6. The van der Waals surface area contributed by atoms with Crippen LogP contribution in [0.25, 0.3) is 0 Å². The normalized spacial score (nSPS) is 16.2. The minimum Gasteiger partial charge on any atom is -0.465 e. The molecule has 0 aliphatic carbocycles. The van der Waals surface area contributed by atoms with Gasteiger partial charge in [-0.1, -0.05) is 54.6 Å². The predicted molar refractivity (Wildman–Crippen MR) is 127 cm³/mol. The molecule has 1 N–H and O–H groups in total. The average molecular weight is 418 g/mol. The molecule has 0 saturated carbocycles. The Morgan fingerprint density at radius 2 is 1.17 bits per heavy atom. The lowest BCUT2D eigenvalue weighted by Crippen LogP contribution is -2.45. The van der Waals surface area contributed by atoms with Crippen LogP contribution in [0.5, 0.6) is 0 Å². The monoisotopic (exact) mass is 418 g/mol. The molecule has 3 aromatic carbocycles. The van der Waals surface area contributed by atoms with Crippen LogP contribution in [-0.2, 0) is 0 Å². The van der Waals surface area contributed by atoms with Crippen LogP contribution in [0.1, 0.15) is 19.8 Å². The van der Waals surface area contributed by atoms with Gasteiger partial charge in [-0.25, -0.2) is 4.79 Å². The minimum atomic E-state index is -1.92. The summed E-state index contributed by atoms with van der Waals surface area (Å²) in [5.41, 5.74) is 0.417. The van der Waals surface area contributed by atoms with Gasteiger partial charge in [-0.15, -0.1) is 0 Å². The third kappa shape index (κ3) is 3.75. The van der Waals surface area contributed by atoms with E-state index in [0.29, 0.717) is 24.7 Å². The lowest BCUT2D eigenvalue weighted by molar-refractivity contribution is 0.124. The van der Waals surface area contributed by atoms with Crippen LogP contribution < -0.4 is 15.9 Å². The SMILES string of the molecule is CC(C1CCN(C(=O)O)CC1)[P+](c1ccccc1)(c1ccccc1)c1ccccc1. The summed E-state index contributed by atoms with van der Waals surface area (Å²) in [4.78, 5) is 13.0. The molecule has 0 aromatic heterocycles. The predicted octanol–water partition coefficient (Wildman–Crippen LogP) is 4.76. The lowest BCUT2D eigenvalue weighted by Gasteiger charge is -2.40. The minimum absolute atomic E-state index is 0.417. The van der Waals surface area contributed by atoms with Gasteiger partial charge in [-0.3, -0.25) is 0 Å². The Morgan fingerprint density at radius 3 is 1.50 bits per heavy atom. The molecule has 1 unspecified atom stereocenters. The number of carbonyl (C=O) groups is 1. The van der Waals surface area contributed by atoms with E-state index >= 15 is 0 Å². The first-order valence-corrected chi connectivity index (χ1v) is 12.5. The fourth-order valence-electron chi connectivity index (χ4n) is 5.03. The summed E-state index contributed by atoms with van der Waals surface area (Å²) in [7, 11) is -1.92. The van der Waals surface area contributed by atoms with Crippen molar-refractivity contribution in [1.82, 2.24) is 4.90 Å². The van der Waals surface area contributed by atoms with Gasteiger partial charge in [0.2, 0.25) is 0 Å². The summed E-state index contributed by atoms with van der Waals surface area (Å²) < 4.78 is 0. The van der Waals surface area contributed by atoms with E-state index in [0.717, 1.165) is 12.8 Å². The first kappa shape index (κ1) is 20.6. The van der Waals surface area contributed by atoms with E-state index in [4.69, 9.17) is 0 Å². The van der Waals surface area contributed by atoms with Crippen LogP contribution in [0.4, 0.5) is 4.79 Å². The number of nitrogens with zero attached hydrogens (tertiary/aromatic N) is 1. The summed E-state index contributed by atoms with van der Waals surface area (Å²) in [5, 5.41) is 13.6. The highest BCUT2D eigenvalue weighted by Gasteiger charge is 2.53. The molecule has 1 aliphatic rings. The van der Waals surface area contributed by atoms with Crippen LogP contribution in [0.3, 0.4) is 0 Å². The molecule has 4 rings (SSSR count). The van der Waals surface area contributed by atoms with Gasteiger partial charge in [0.15, 0.2) is 0 Å². The number of hydrogen-bond donors (Lipinski definition) is 1. The number of piperidine rings is 1. The molecule has 30 heavy (non-hydrogen) atoms. The summed E-state index contributed by atoms with van der Waals surface area (Å²) in [6.45, 7) is 3.66. The molecule has 1 amide bonds. The second-order valence-corrected chi connectivity index (χ2v) is 11.9. The Morgan fingerprint density at radius 1 is 0.800 bits per heavy atom. The topological polar surface area (TPSA) is 40.5 Å². The molecule has 1 atom stereocenters. The highest BCUT2D eigenvalue weighted by Crippen LogP contribution is 2.62. The maximum Gasteiger partial charge on any atom is 0.407 e. The molecule has 0 spiro atoms. The number of hydrogen-bond acceptors (Lipinski definition) is 1. The Bertz CT molecular complexity index is 857. The molecule has 0 bridgehead atoms. The van der Waals surface area contributed by atoms with Crippen molar-refractivity contribution in [2.75, 3.05) is 13.1 Å². The second-order valence-electron chi connectivity index (χ2n) is 8.08. The van der Waals surface area contributed by atoms with E-state index in [9.17, 15) is 9.90 Å². The zero-order valence-electron chi connectivity index (χ0n) is 17.4. The van der Waals surface area contributed by atoms with Crippen molar-refractivity contribution in [3.8, 4) is 0 Å². The van der Waals surface area contributed by atoms with Gasteiger partial charge in [0, 0.05) is 13.1 Å². The maximum absolute atomic E-state index is 11.4. The van der Waals surface area contributed by atoms with Gasteiger partial charge in [-0.2, -0.15) is 0 Å². The Hall–Kier alpha value is -2.64. The Kier molecular flexibility index (Phi) is 6.20. The third-order valence-electron chi connectivity index (χ3n) is 6.59. The highest BCUT2D eigenvalue weighted by molar-refractivity contribution is 7.96. The van der Waals surface area contributed by atoms with Gasteiger partial charge >= 0.3 is 6.09 Å². The molecule has 1 saturated heterocycles. The average Bonchev–Trinajstić information content (AvgIpc) is 2.82. The zero-order valence-corrected chi connectivity index (χ0v) is 18.3. The van der Waals surface area contributed by atoms with Crippen molar-refractivity contribution in [2.24, 2.45) is 5.92 Å². The fraction of sp³-hybridized carbons (Fsp3) is 0.269. The van der Waals surface area contributed by atoms with Crippen LogP contribution >= 0.6 is 7.26 Å². The van der Waals surface area contributed by atoms with Crippen LogP contribution in [0, 0.1) is 5.92 Å². The van der Waals surface area contributed by atoms with Crippen LogP contribution in [-0.4, -0.2) is 34.8 Å². The summed E-state index contributed by atoms with van der Waals surface area (Å²) in [6, 6.07) is 32.9. The first-order chi connectivity index (χ1) is 14.6. The van der Waals surface area contributed by atoms with Gasteiger partial charge in [0.25, 0.3) is 0 Å². The standard InChI is InChI=1S/C26H28NO2P/c1-21(22-17-19-27(20-18-22)26(28)29)30(23-11-5-2-6-12-23,24-13-7-3-8-14-24)25-15-9-4-10-16-25/h2-16,21-22H,17-20H2,1H3/p+1. The van der Waals surface area contributed by atoms with Crippen molar-refractivity contribution < 1.29 is 9.90 Å². The molecular formula is C26H29NO2P+. The number of benzene rings is 3. The van der Waals surface area contributed by atoms with Crippen molar-refractivity contribution in [3.63, 3.8) is 0 Å². The van der Waals surface area contributed by atoms with E-state index in [1.54, 1.807) is 4.90 Å². The number of amides is 1.